The van der Waals surface area contributed by atoms with Gasteiger partial charge in [-0.1, -0.05) is 23.4 Å². The van der Waals surface area contributed by atoms with Crippen LogP contribution in [0, 0.1) is 0 Å². The van der Waals surface area contributed by atoms with E-state index in [1.165, 1.54) is 4.57 Å². The molecule has 0 aliphatic heterocycles. The van der Waals surface area contributed by atoms with Crippen LogP contribution in [0.4, 0.5) is 5.69 Å². The SMILES string of the molecule is Cn1c(=O)oc2ccc(NCc3noc(-c4ccccc4)n3)cc21. The van der Waals surface area contributed by atoms with Crippen molar-refractivity contribution in [2.24, 2.45) is 7.05 Å². The van der Waals surface area contributed by atoms with Crippen LogP contribution >= 0.6 is 0 Å². The van der Waals surface area contributed by atoms with Crippen molar-refractivity contribution in [3.8, 4) is 11.5 Å². The van der Waals surface area contributed by atoms with Crippen LogP contribution in [0.5, 0.6) is 0 Å². The Morgan fingerprint density at radius 2 is 2.00 bits per heavy atom. The van der Waals surface area contributed by atoms with Crippen molar-refractivity contribution in [2.75, 3.05) is 5.32 Å². The van der Waals surface area contributed by atoms with E-state index in [1.807, 2.05) is 42.5 Å². The highest BCUT2D eigenvalue weighted by Gasteiger charge is 2.09. The minimum atomic E-state index is -0.382. The molecule has 24 heavy (non-hydrogen) atoms. The maximum Gasteiger partial charge on any atom is 0.419 e. The number of nitrogens with zero attached hydrogens (tertiary/aromatic N) is 3. The molecule has 0 amide bonds. The third-order valence-corrected chi connectivity index (χ3v) is 3.73. The van der Waals surface area contributed by atoms with E-state index in [0.29, 0.717) is 23.8 Å². The lowest BCUT2D eigenvalue weighted by Crippen LogP contribution is -2.08. The third kappa shape index (κ3) is 2.56. The molecule has 0 radical (unpaired) electrons. The summed E-state index contributed by atoms with van der Waals surface area (Å²) in [6.07, 6.45) is 0. The second-order valence-electron chi connectivity index (χ2n) is 5.34. The molecular weight excluding hydrogens is 308 g/mol. The van der Waals surface area contributed by atoms with Gasteiger partial charge in [-0.05, 0) is 30.3 Å². The van der Waals surface area contributed by atoms with Crippen LogP contribution in [0.3, 0.4) is 0 Å². The number of rotatable bonds is 4. The van der Waals surface area contributed by atoms with Gasteiger partial charge in [-0.2, -0.15) is 4.98 Å². The molecule has 7 nitrogen and oxygen atoms in total. The monoisotopic (exact) mass is 322 g/mol. The smallest absolute Gasteiger partial charge is 0.408 e. The molecule has 7 heteroatoms. The van der Waals surface area contributed by atoms with Gasteiger partial charge in [0.15, 0.2) is 11.4 Å². The Hall–Kier alpha value is -3.35. The van der Waals surface area contributed by atoms with E-state index >= 15 is 0 Å². The zero-order chi connectivity index (χ0) is 16.5. The van der Waals surface area contributed by atoms with Crippen LogP contribution in [-0.4, -0.2) is 14.7 Å². The molecule has 0 saturated carbocycles. The number of benzene rings is 2. The molecule has 2 aromatic heterocycles. The average Bonchev–Trinajstić information content (AvgIpc) is 3.20. The van der Waals surface area contributed by atoms with Crippen LogP contribution in [0.2, 0.25) is 0 Å². The summed E-state index contributed by atoms with van der Waals surface area (Å²) in [5, 5.41) is 7.18. The fourth-order valence-electron chi connectivity index (χ4n) is 2.44. The van der Waals surface area contributed by atoms with Gasteiger partial charge in [0.1, 0.15) is 0 Å². The molecule has 0 aliphatic carbocycles. The van der Waals surface area contributed by atoms with E-state index < -0.39 is 0 Å². The van der Waals surface area contributed by atoms with E-state index in [2.05, 4.69) is 15.5 Å². The quantitative estimate of drug-likeness (QED) is 0.622. The predicted molar refractivity (Wildman–Crippen MR) is 88.5 cm³/mol. The summed E-state index contributed by atoms with van der Waals surface area (Å²) >= 11 is 0. The molecule has 1 N–H and O–H groups in total. The minimum Gasteiger partial charge on any atom is -0.408 e. The fourth-order valence-corrected chi connectivity index (χ4v) is 2.44. The van der Waals surface area contributed by atoms with E-state index in [9.17, 15) is 4.79 Å². The van der Waals surface area contributed by atoms with Gasteiger partial charge in [0, 0.05) is 18.3 Å². The third-order valence-electron chi connectivity index (χ3n) is 3.73. The first-order valence-corrected chi connectivity index (χ1v) is 7.42. The first-order chi connectivity index (χ1) is 11.7. The van der Waals surface area contributed by atoms with Crippen LogP contribution in [0.1, 0.15) is 5.82 Å². The number of nitrogens with one attached hydrogen (secondary N) is 1. The molecule has 2 aromatic carbocycles. The predicted octanol–water partition coefficient (Wildman–Crippen LogP) is 2.79. The minimum absolute atomic E-state index is 0.382. The highest BCUT2D eigenvalue weighted by molar-refractivity contribution is 5.77. The van der Waals surface area contributed by atoms with Gasteiger partial charge in [0.2, 0.25) is 0 Å². The number of hydrogen-bond donors (Lipinski definition) is 1. The van der Waals surface area contributed by atoms with Crippen molar-refractivity contribution in [2.45, 2.75) is 6.54 Å². The van der Waals surface area contributed by atoms with Gasteiger partial charge in [0.05, 0.1) is 12.1 Å². The molecule has 4 rings (SSSR count). The molecule has 4 aromatic rings. The lowest BCUT2D eigenvalue weighted by molar-refractivity contribution is 0.423. The Morgan fingerprint density at radius 1 is 1.17 bits per heavy atom. The molecule has 0 aliphatic rings. The molecule has 0 atom stereocenters. The Bertz CT molecular complexity index is 1050. The van der Waals surface area contributed by atoms with Gasteiger partial charge in [0.25, 0.3) is 5.89 Å². The van der Waals surface area contributed by atoms with Gasteiger partial charge in [-0.15, -0.1) is 0 Å². The lowest BCUT2D eigenvalue weighted by atomic mass is 10.2. The molecule has 0 saturated heterocycles. The van der Waals surface area contributed by atoms with Crippen LogP contribution in [-0.2, 0) is 13.6 Å². The lowest BCUT2D eigenvalue weighted by Gasteiger charge is -2.03. The topological polar surface area (TPSA) is 86.1 Å². The van der Waals surface area contributed by atoms with E-state index in [1.54, 1.807) is 13.1 Å². The zero-order valence-electron chi connectivity index (χ0n) is 12.9. The summed E-state index contributed by atoms with van der Waals surface area (Å²) in [6, 6.07) is 15.0. The summed E-state index contributed by atoms with van der Waals surface area (Å²) in [5.41, 5.74) is 3.00. The number of oxazole rings is 1. The van der Waals surface area contributed by atoms with Crippen molar-refractivity contribution >= 4 is 16.8 Å². The Morgan fingerprint density at radius 3 is 2.83 bits per heavy atom. The van der Waals surface area contributed by atoms with Crippen LogP contribution < -0.4 is 11.1 Å². The zero-order valence-corrected chi connectivity index (χ0v) is 12.9. The second kappa shape index (κ2) is 5.69. The highest BCUT2D eigenvalue weighted by Crippen LogP contribution is 2.19. The van der Waals surface area contributed by atoms with E-state index in [-0.39, 0.29) is 5.76 Å². The summed E-state index contributed by atoms with van der Waals surface area (Å²) in [4.78, 5) is 15.9. The van der Waals surface area contributed by atoms with E-state index in [4.69, 9.17) is 8.94 Å². The Kier molecular flexibility index (Phi) is 3.38. The number of hydrogen-bond acceptors (Lipinski definition) is 6. The van der Waals surface area contributed by atoms with Gasteiger partial charge < -0.3 is 14.3 Å². The second-order valence-corrected chi connectivity index (χ2v) is 5.34. The van der Waals surface area contributed by atoms with Crippen molar-refractivity contribution in [3.63, 3.8) is 0 Å². The molecule has 2 heterocycles. The van der Waals surface area contributed by atoms with Crippen molar-refractivity contribution in [3.05, 3.63) is 64.9 Å². The summed E-state index contributed by atoms with van der Waals surface area (Å²) in [5.74, 6) is 0.655. The average molecular weight is 322 g/mol. The Labute approximate surface area is 136 Å². The van der Waals surface area contributed by atoms with Crippen LogP contribution in [0.15, 0.2) is 62.3 Å². The number of aromatic nitrogens is 3. The fraction of sp³-hybridized carbons (Fsp3) is 0.118. The molecule has 0 fully saturated rings. The Balaban J connectivity index is 1.52. The number of fused-ring (bicyclic) bond motifs is 1. The van der Waals surface area contributed by atoms with Gasteiger partial charge in [-0.25, -0.2) is 4.79 Å². The largest absolute Gasteiger partial charge is 0.419 e. The maximum atomic E-state index is 11.5. The highest BCUT2D eigenvalue weighted by atomic mass is 16.5. The molecule has 0 spiro atoms. The number of aryl methyl sites for hydroxylation is 1. The standard InChI is InChI=1S/C17H14N4O3/c1-21-13-9-12(7-8-14(13)23-17(21)22)18-10-15-19-16(24-20-15)11-5-3-2-4-6-11/h2-9,18H,10H2,1H3. The normalized spacial score (nSPS) is 11.0. The van der Waals surface area contributed by atoms with Gasteiger partial charge >= 0.3 is 5.76 Å². The first kappa shape index (κ1) is 14.3. The first-order valence-electron chi connectivity index (χ1n) is 7.42. The maximum absolute atomic E-state index is 11.5. The summed E-state index contributed by atoms with van der Waals surface area (Å²) < 4.78 is 11.8. The van der Waals surface area contributed by atoms with Gasteiger partial charge in [-0.3, -0.25) is 4.57 Å². The van der Waals surface area contributed by atoms with E-state index in [0.717, 1.165) is 16.8 Å². The van der Waals surface area contributed by atoms with Crippen molar-refractivity contribution in [1.82, 2.24) is 14.7 Å². The molecular formula is C17H14N4O3. The molecule has 0 unspecified atom stereocenters. The van der Waals surface area contributed by atoms with Crippen LogP contribution in [0.25, 0.3) is 22.6 Å². The molecule has 0 bridgehead atoms. The van der Waals surface area contributed by atoms with Crippen molar-refractivity contribution in [1.29, 1.82) is 0 Å². The molecule has 120 valence electrons. The number of anilines is 1. The summed E-state index contributed by atoms with van der Waals surface area (Å²) in [7, 11) is 1.67. The van der Waals surface area contributed by atoms with Crippen molar-refractivity contribution < 1.29 is 8.94 Å². The summed E-state index contributed by atoms with van der Waals surface area (Å²) in [6.45, 7) is 0.410.